The highest BCUT2D eigenvalue weighted by atomic mass is 16.4. The summed E-state index contributed by atoms with van der Waals surface area (Å²) in [6, 6.07) is 16.3. The number of aromatic nitrogens is 1. The Morgan fingerprint density at radius 2 is 1.86 bits per heavy atom. The standard InChI is InChI=1S/C23H27N3O2/c1-17(2)26(15-20-6-4-5-18(3)13-20)16-21-7-8-22(28-21)23(27)25-14-19-9-11-24-12-10-19/h4-13,17H,14-16H2,1-3H3,(H,25,27). The molecule has 0 fully saturated rings. The molecule has 1 N–H and O–H groups in total. The average molecular weight is 377 g/mol. The number of nitrogens with one attached hydrogen (secondary N) is 1. The SMILES string of the molecule is Cc1cccc(CN(Cc2ccc(C(=O)NCc3ccncc3)o2)C(C)C)c1. The summed E-state index contributed by atoms with van der Waals surface area (Å²) in [6.45, 7) is 8.38. The molecule has 1 aromatic carbocycles. The summed E-state index contributed by atoms with van der Waals surface area (Å²) in [5.74, 6) is 0.913. The van der Waals surface area contributed by atoms with Crippen molar-refractivity contribution in [2.24, 2.45) is 0 Å². The monoisotopic (exact) mass is 377 g/mol. The fourth-order valence-electron chi connectivity index (χ4n) is 3.02. The van der Waals surface area contributed by atoms with Gasteiger partial charge in [0.25, 0.3) is 5.91 Å². The second-order valence-corrected chi connectivity index (χ2v) is 7.29. The van der Waals surface area contributed by atoms with Gasteiger partial charge in [0.05, 0.1) is 6.54 Å². The van der Waals surface area contributed by atoms with Gasteiger partial charge in [-0.25, -0.2) is 0 Å². The van der Waals surface area contributed by atoms with E-state index in [9.17, 15) is 4.79 Å². The van der Waals surface area contributed by atoms with Gasteiger partial charge >= 0.3 is 0 Å². The molecule has 146 valence electrons. The average Bonchev–Trinajstić information content (AvgIpc) is 3.15. The fraction of sp³-hybridized carbons (Fsp3) is 0.304. The Labute approximate surface area is 166 Å². The number of furan rings is 1. The van der Waals surface area contributed by atoms with Crippen molar-refractivity contribution in [3.05, 3.63) is 89.1 Å². The van der Waals surface area contributed by atoms with Gasteiger partial charge in [0.1, 0.15) is 5.76 Å². The van der Waals surface area contributed by atoms with E-state index < -0.39 is 0 Å². The third-order valence-electron chi connectivity index (χ3n) is 4.65. The van der Waals surface area contributed by atoms with E-state index in [1.54, 1.807) is 18.5 Å². The number of rotatable bonds is 8. The minimum Gasteiger partial charge on any atom is -0.455 e. The number of carbonyl (C=O) groups is 1. The number of pyridine rings is 1. The molecule has 0 unspecified atom stereocenters. The molecule has 5 nitrogen and oxygen atoms in total. The van der Waals surface area contributed by atoms with Crippen LogP contribution in [0, 0.1) is 6.92 Å². The van der Waals surface area contributed by atoms with Crippen LogP contribution in [0.1, 0.15) is 46.9 Å². The molecule has 0 aliphatic heterocycles. The molecule has 2 heterocycles. The molecule has 28 heavy (non-hydrogen) atoms. The highest BCUT2D eigenvalue weighted by Gasteiger charge is 2.16. The molecule has 0 spiro atoms. The van der Waals surface area contributed by atoms with Gasteiger partial charge in [-0.05, 0) is 56.2 Å². The normalized spacial score (nSPS) is 11.2. The number of hydrogen-bond acceptors (Lipinski definition) is 4. The minimum absolute atomic E-state index is 0.210. The molecule has 2 aromatic heterocycles. The second-order valence-electron chi connectivity index (χ2n) is 7.29. The van der Waals surface area contributed by atoms with Gasteiger partial charge in [-0.15, -0.1) is 0 Å². The number of benzene rings is 1. The van der Waals surface area contributed by atoms with Crippen LogP contribution in [0.5, 0.6) is 0 Å². The number of nitrogens with zero attached hydrogens (tertiary/aromatic N) is 2. The topological polar surface area (TPSA) is 58.4 Å². The lowest BCUT2D eigenvalue weighted by Crippen LogP contribution is -2.29. The predicted molar refractivity (Wildman–Crippen MR) is 110 cm³/mol. The van der Waals surface area contributed by atoms with Gasteiger partial charge in [-0.1, -0.05) is 29.8 Å². The third kappa shape index (κ3) is 5.54. The van der Waals surface area contributed by atoms with Crippen molar-refractivity contribution in [3.63, 3.8) is 0 Å². The first-order valence-corrected chi connectivity index (χ1v) is 9.56. The maximum Gasteiger partial charge on any atom is 0.287 e. The summed E-state index contributed by atoms with van der Waals surface area (Å²) < 4.78 is 5.81. The van der Waals surface area contributed by atoms with Crippen molar-refractivity contribution in [1.82, 2.24) is 15.2 Å². The molecule has 3 rings (SSSR count). The summed E-state index contributed by atoms with van der Waals surface area (Å²) >= 11 is 0. The largest absolute Gasteiger partial charge is 0.455 e. The zero-order valence-corrected chi connectivity index (χ0v) is 16.7. The molecule has 0 saturated carbocycles. The van der Waals surface area contributed by atoms with E-state index in [4.69, 9.17) is 4.42 Å². The molecule has 0 atom stereocenters. The van der Waals surface area contributed by atoms with Crippen LogP contribution >= 0.6 is 0 Å². The van der Waals surface area contributed by atoms with E-state index >= 15 is 0 Å². The highest BCUT2D eigenvalue weighted by molar-refractivity contribution is 5.91. The molecular formula is C23H27N3O2. The van der Waals surface area contributed by atoms with E-state index in [1.807, 2.05) is 18.2 Å². The molecule has 0 aliphatic carbocycles. The van der Waals surface area contributed by atoms with Gasteiger partial charge in [0.15, 0.2) is 5.76 Å². The lowest BCUT2D eigenvalue weighted by molar-refractivity contribution is 0.0917. The molecular weight excluding hydrogens is 350 g/mol. The van der Waals surface area contributed by atoms with Crippen molar-refractivity contribution in [1.29, 1.82) is 0 Å². The zero-order chi connectivity index (χ0) is 19.9. The van der Waals surface area contributed by atoms with Crippen LogP contribution in [-0.4, -0.2) is 21.8 Å². The van der Waals surface area contributed by atoms with Gasteiger partial charge < -0.3 is 9.73 Å². The van der Waals surface area contributed by atoms with E-state index in [1.165, 1.54) is 11.1 Å². The van der Waals surface area contributed by atoms with Crippen LogP contribution in [0.4, 0.5) is 0 Å². The van der Waals surface area contributed by atoms with Crippen LogP contribution in [0.2, 0.25) is 0 Å². The first kappa shape index (κ1) is 19.8. The number of amides is 1. The Kier molecular flexibility index (Phi) is 6.61. The van der Waals surface area contributed by atoms with Gasteiger partial charge in [-0.2, -0.15) is 0 Å². The number of carbonyl (C=O) groups excluding carboxylic acids is 1. The zero-order valence-electron chi connectivity index (χ0n) is 16.7. The van der Waals surface area contributed by atoms with E-state index in [0.717, 1.165) is 17.9 Å². The van der Waals surface area contributed by atoms with Gasteiger partial charge in [-0.3, -0.25) is 14.7 Å². The van der Waals surface area contributed by atoms with E-state index in [2.05, 4.69) is 60.2 Å². The third-order valence-corrected chi connectivity index (χ3v) is 4.65. The fourth-order valence-corrected chi connectivity index (χ4v) is 3.02. The van der Waals surface area contributed by atoms with Crippen molar-refractivity contribution in [2.75, 3.05) is 0 Å². The molecule has 3 aromatic rings. The van der Waals surface area contributed by atoms with Crippen LogP contribution in [-0.2, 0) is 19.6 Å². The number of hydrogen-bond donors (Lipinski definition) is 1. The second kappa shape index (κ2) is 9.33. The quantitative estimate of drug-likeness (QED) is 0.635. The predicted octanol–water partition coefficient (Wildman–Crippen LogP) is 4.32. The summed E-state index contributed by atoms with van der Waals surface area (Å²) in [5.41, 5.74) is 3.53. The Morgan fingerprint density at radius 3 is 2.57 bits per heavy atom. The minimum atomic E-state index is -0.210. The van der Waals surface area contributed by atoms with Crippen molar-refractivity contribution >= 4 is 5.91 Å². The Bertz CT molecular complexity index is 903. The lowest BCUT2D eigenvalue weighted by Gasteiger charge is -2.25. The molecule has 0 radical (unpaired) electrons. The summed E-state index contributed by atoms with van der Waals surface area (Å²) in [7, 11) is 0. The molecule has 0 aliphatic rings. The van der Waals surface area contributed by atoms with Gasteiger partial charge in [0.2, 0.25) is 0 Å². The van der Waals surface area contributed by atoms with Gasteiger partial charge in [0, 0.05) is 31.5 Å². The first-order valence-electron chi connectivity index (χ1n) is 9.56. The Hall–Kier alpha value is -2.92. The molecule has 5 heteroatoms. The molecule has 0 bridgehead atoms. The van der Waals surface area contributed by atoms with Crippen molar-refractivity contribution in [3.8, 4) is 0 Å². The van der Waals surface area contributed by atoms with Crippen molar-refractivity contribution in [2.45, 2.75) is 46.4 Å². The van der Waals surface area contributed by atoms with Crippen LogP contribution in [0.3, 0.4) is 0 Å². The van der Waals surface area contributed by atoms with Crippen LogP contribution in [0.25, 0.3) is 0 Å². The van der Waals surface area contributed by atoms with Crippen LogP contribution < -0.4 is 5.32 Å². The Balaban J connectivity index is 1.60. The summed E-state index contributed by atoms with van der Waals surface area (Å²) in [6.07, 6.45) is 3.42. The molecule has 0 saturated heterocycles. The van der Waals surface area contributed by atoms with E-state index in [-0.39, 0.29) is 5.91 Å². The van der Waals surface area contributed by atoms with Crippen LogP contribution in [0.15, 0.2) is 65.3 Å². The van der Waals surface area contributed by atoms with E-state index in [0.29, 0.717) is 24.9 Å². The Morgan fingerprint density at radius 1 is 1.07 bits per heavy atom. The van der Waals surface area contributed by atoms with Crippen molar-refractivity contribution < 1.29 is 9.21 Å². The summed E-state index contributed by atoms with van der Waals surface area (Å²) in [4.78, 5) is 18.6. The first-order chi connectivity index (χ1) is 13.5. The lowest BCUT2D eigenvalue weighted by atomic mass is 10.1. The summed E-state index contributed by atoms with van der Waals surface area (Å²) in [5, 5.41) is 2.88. The maximum absolute atomic E-state index is 12.3. The number of aryl methyl sites for hydroxylation is 1. The smallest absolute Gasteiger partial charge is 0.287 e. The highest BCUT2D eigenvalue weighted by Crippen LogP contribution is 2.16. The maximum atomic E-state index is 12.3. The molecule has 1 amide bonds.